The summed E-state index contributed by atoms with van der Waals surface area (Å²) in [5.74, 6) is 0.443. The van der Waals surface area contributed by atoms with Crippen molar-refractivity contribution >= 4 is 51.6 Å². The highest BCUT2D eigenvalue weighted by Gasteiger charge is 2.11. The van der Waals surface area contributed by atoms with E-state index in [1.807, 2.05) is 24.3 Å². The van der Waals surface area contributed by atoms with E-state index >= 15 is 0 Å². The molecule has 0 bridgehead atoms. The van der Waals surface area contributed by atoms with Crippen molar-refractivity contribution in [1.29, 1.82) is 0 Å². The van der Waals surface area contributed by atoms with Crippen LogP contribution < -0.4 is 4.74 Å². The number of Topliss-reactive ketones (excluding diaryl/α,β-unsaturated/α-hetero) is 1. The van der Waals surface area contributed by atoms with Crippen LogP contribution in [0.2, 0.25) is 10.0 Å². The third-order valence-corrected chi connectivity index (χ3v) is 3.70. The van der Waals surface area contributed by atoms with E-state index in [2.05, 4.69) is 22.6 Å². The monoisotopic (exact) mass is 406 g/mol. The molecule has 2 aromatic rings. The zero-order chi connectivity index (χ0) is 13.8. The molecule has 0 unspecified atom stereocenters. The topological polar surface area (TPSA) is 26.3 Å². The average molecular weight is 407 g/mol. The first kappa shape index (κ1) is 14.6. The third kappa shape index (κ3) is 4.09. The Kier molecular flexibility index (Phi) is 5.07. The first-order valence-electron chi connectivity index (χ1n) is 5.43. The number of halogens is 3. The van der Waals surface area contributed by atoms with E-state index < -0.39 is 0 Å². The summed E-state index contributed by atoms with van der Waals surface area (Å²) in [4.78, 5) is 12.0. The molecule has 2 nitrogen and oxygen atoms in total. The maximum atomic E-state index is 12.0. The molecule has 2 aromatic carbocycles. The zero-order valence-electron chi connectivity index (χ0n) is 9.70. The number of hydrogen-bond acceptors (Lipinski definition) is 2. The van der Waals surface area contributed by atoms with Gasteiger partial charge in [-0.05, 0) is 65.1 Å². The van der Waals surface area contributed by atoms with E-state index in [0.29, 0.717) is 21.4 Å². The van der Waals surface area contributed by atoms with E-state index in [-0.39, 0.29) is 12.4 Å². The fraction of sp³-hybridized carbons (Fsp3) is 0.0714. The van der Waals surface area contributed by atoms with Gasteiger partial charge in [0.2, 0.25) is 5.78 Å². The van der Waals surface area contributed by atoms with Crippen molar-refractivity contribution in [3.8, 4) is 5.75 Å². The van der Waals surface area contributed by atoms with Crippen LogP contribution in [0.4, 0.5) is 0 Å². The van der Waals surface area contributed by atoms with Crippen LogP contribution in [0, 0.1) is 3.57 Å². The molecule has 0 atom stereocenters. The van der Waals surface area contributed by atoms with Gasteiger partial charge in [0.25, 0.3) is 0 Å². The number of carbonyl (C=O) groups excluding carboxylic acids is 1. The molecular weight excluding hydrogens is 398 g/mol. The van der Waals surface area contributed by atoms with Crippen LogP contribution in [-0.2, 0) is 0 Å². The number of ketones is 1. The Morgan fingerprint density at radius 1 is 1.11 bits per heavy atom. The Bertz CT molecular complexity index is 597. The predicted molar refractivity (Wildman–Crippen MR) is 85.4 cm³/mol. The molecule has 0 aliphatic carbocycles. The van der Waals surface area contributed by atoms with E-state index in [0.717, 1.165) is 3.57 Å². The zero-order valence-corrected chi connectivity index (χ0v) is 13.4. The lowest BCUT2D eigenvalue weighted by atomic mass is 10.1. The molecule has 0 amide bonds. The fourth-order valence-corrected chi connectivity index (χ4v) is 2.22. The maximum Gasteiger partial charge on any atom is 0.201 e. The molecule has 0 heterocycles. The molecule has 98 valence electrons. The van der Waals surface area contributed by atoms with Crippen molar-refractivity contribution in [1.82, 2.24) is 0 Å². The Labute approximate surface area is 134 Å². The number of ether oxygens (including phenoxy) is 1. The molecule has 0 aromatic heterocycles. The second-order valence-corrected chi connectivity index (χ2v) is 5.88. The van der Waals surface area contributed by atoms with Gasteiger partial charge in [-0.2, -0.15) is 0 Å². The van der Waals surface area contributed by atoms with E-state index in [1.54, 1.807) is 18.2 Å². The summed E-state index contributed by atoms with van der Waals surface area (Å²) in [5, 5.41) is 0.850. The van der Waals surface area contributed by atoms with Gasteiger partial charge < -0.3 is 4.74 Å². The lowest BCUT2D eigenvalue weighted by Gasteiger charge is -2.07. The lowest BCUT2D eigenvalue weighted by Crippen LogP contribution is -2.12. The van der Waals surface area contributed by atoms with E-state index in [4.69, 9.17) is 27.9 Å². The minimum atomic E-state index is -0.203. The fourth-order valence-electron chi connectivity index (χ4n) is 1.47. The van der Waals surface area contributed by atoms with Gasteiger partial charge in [0, 0.05) is 14.2 Å². The summed E-state index contributed by atoms with van der Waals surface area (Å²) in [6.07, 6.45) is 0. The number of benzene rings is 2. The Morgan fingerprint density at radius 3 is 2.47 bits per heavy atom. The molecular formula is C14H9Cl2IO2. The molecule has 0 fully saturated rings. The van der Waals surface area contributed by atoms with Crippen LogP contribution in [0.25, 0.3) is 0 Å². The van der Waals surface area contributed by atoms with Crippen LogP contribution in [0.5, 0.6) is 5.75 Å². The van der Waals surface area contributed by atoms with E-state index in [1.165, 1.54) is 0 Å². The first-order valence-corrected chi connectivity index (χ1v) is 7.26. The highest BCUT2D eigenvalue weighted by Crippen LogP contribution is 2.21. The Hall–Kier alpha value is -0.780. The van der Waals surface area contributed by atoms with Crippen LogP contribution in [-0.4, -0.2) is 12.4 Å². The summed E-state index contributed by atoms with van der Waals surface area (Å²) in [7, 11) is 0. The predicted octanol–water partition coefficient (Wildman–Crippen LogP) is 4.86. The van der Waals surface area contributed by atoms with Gasteiger partial charge >= 0.3 is 0 Å². The van der Waals surface area contributed by atoms with Gasteiger partial charge in [-0.15, -0.1) is 0 Å². The third-order valence-electron chi connectivity index (χ3n) is 2.41. The molecule has 0 radical (unpaired) electrons. The standard InChI is InChI=1S/C14H9Cl2IO2/c15-9-1-6-13(16)12(7-9)14(18)8-19-11-4-2-10(17)3-5-11/h1-7H,8H2. The van der Waals surface area contributed by atoms with Crippen molar-refractivity contribution in [3.05, 3.63) is 61.6 Å². The molecule has 0 N–H and O–H groups in total. The summed E-state index contributed by atoms with van der Waals surface area (Å²) in [6, 6.07) is 12.2. The second kappa shape index (κ2) is 6.59. The van der Waals surface area contributed by atoms with Crippen LogP contribution >= 0.6 is 45.8 Å². The molecule has 2 rings (SSSR count). The minimum Gasteiger partial charge on any atom is -0.485 e. The van der Waals surface area contributed by atoms with Gasteiger partial charge in [0.05, 0.1) is 5.02 Å². The SMILES string of the molecule is O=C(COc1ccc(I)cc1)c1cc(Cl)ccc1Cl. The van der Waals surface area contributed by atoms with Crippen LogP contribution in [0.15, 0.2) is 42.5 Å². The van der Waals surface area contributed by atoms with E-state index in [9.17, 15) is 4.79 Å². The van der Waals surface area contributed by atoms with Gasteiger partial charge in [-0.3, -0.25) is 4.79 Å². The normalized spacial score (nSPS) is 10.3. The Morgan fingerprint density at radius 2 is 1.79 bits per heavy atom. The molecule has 0 saturated carbocycles. The van der Waals surface area contributed by atoms with Crippen molar-refractivity contribution in [2.24, 2.45) is 0 Å². The van der Waals surface area contributed by atoms with Crippen LogP contribution in [0.3, 0.4) is 0 Å². The van der Waals surface area contributed by atoms with Crippen molar-refractivity contribution in [2.75, 3.05) is 6.61 Å². The molecule has 19 heavy (non-hydrogen) atoms. The minimum absolute atomic E-state index is 0.0688. The lowest BCUT2D eigenvalue weighted by molar-refractivity contribution is 0.0921. The van der Waals surface area contributed by atoms with Crippen molar-refractivity contribution in [3.63, 3.8) is 0 Å². The number of rotatable bonds is 4. The summed E-state index contributed by atoms with van der Waals surface area (Å²) < 4.78 is 6.52. The van der Waals surface area contributed by atoms with Crippen LogP contribution in [0.1, 0.15) is 10.4 Å². The smallest absolute Gasteiger partial charge is 0.201 e. The summed E-state index contributed by atoms with van der Waals surface area (Å²) in [6.45, 7) is -0.0688. The summed E-state index contributed by atoms with van der Waals surface area (Å²) >= 11 is 14.0. The molecule has 0 saturated heterocycles. The highest BCUT2D eigenvalue weighted by atomic mass is 127. The van der Waals surface area contributed by atoms with Gasteiger partial charge in [0.1, 0.15) is 5.75 Å². The van der Waals surface area contributed by atoms with Gasteiger partial charge in [0.15, 0.2) is 6.61 Å². The second-order valence-electron chi connectivity index (χ2n) is 3.79. The average Bonchev–Trinajstić information content (AvgIpc) is 2.40. The molecule has 0 aliphatic heterocycles. The van der Waals surface area contributed by atoms with Crippen molar-refractivity contribution in [2.45, 2.75) is 0 Å². The highest BCUT2D eigenvalue weighted by molar-refractivity contribution is 14.1. The van der Waals surface area contributed by atoms with Gasteiger partial charge in [-0.1, -0.05) is 23.2 Å². The molecule has 0 spiro atoms. The summed E-state index contributed by atoms with van der Waals surface area (Å²) in [5.41, 5.74) is 0.375. The Balaban J connectivity index is 2.05. The first-order chi connectivity index (χ1) is 9.06. The largest absolute Gasteiger partial charge is 0.485 e. The molecule has 5 heteroatoms. The maximum absolute atomic E-state index is 12.0. The van der Waals surface area contributed by atoms with Gasteiger partial charge in [-0.25, -0.2) is 0 Å². The molecule has 0 aliphatic rings. The van der Waals surface area contributed by atoms with Crippen molar-refractivity contribution < 1.29 is 9.53 Å². The quantitative estimate of drug-likeness (QED) is 0.535. The number of hydrogen-bond donors (Lipinski definition) is 0. The number of carbonyl (C=O) groups is 1.